The molecule has 0 saturated carbocycles. The minimum absolute atomic E-state index is 0.0213. The zero-order valence-electron chi connectivity index (χ0n) is 13.6. The average molecular weight is 433 g/mol. The summed E-state index contributed by atoms with van der Waals surface area (Å²) in [6, 6.07) is 5.36. The maximum absolute atomic E-state index is 11.5. The van der Waals surface area contributed by atoms with Gasteiger partial charge < -0.3 is 4.74 Å². The van der Waals surface area contributed by atoms with E-state index < -0.39 is 9.84 Å². The molecule has 136 valence electrons. The van der Waals surface area contributed by atoms with E-state index in [0.29, 0.717) is 5.69 Å². The number of sulfone groups is 1. The lowest BCUT2D eigenvalue weighted by molar-refractivity contribution is 0.233. The van der Waals surface area contributed by atoms with Crippen LogP contribution in [0.2, 0.25) is 0 Å². The van der Waals surface area contributed by atoms with E-state index >= 15 is 0 Å². The van der Waals surface area contributed by atoms with Gasteiger partial charge in [0, 0.05) is 10.2 Å². The Morgan fingerprint density at radius 3 is 2.84 bits per heavy atom. The number of nitrogens with zero attached hydrogens (tertiary/aromatic N) is 3. The number of amidine groups is 1. The molecule has 2 rings (SSSR count). The molecule has 0 spiro atoms. The molecule has 25 heavy (non-hydrogen) atoms. The summed E-state index contributed by atoms with van der Waals surface area (Å²) >= 11 is 3.40. The van der Waals surface area contributed by atoms with Crippen molar-refractivity contribution in [1.82, 2.24) is 15.8 Å². The number of aryl methyl sites for hydroxylation is 1. The maximum atomic E-state index is 11.5. The lowest BCUT2D eigenvalue weighted by Gasteiger charge is -2.06. The number of ether oxygens (including phenoxy) is 1. The van der Waals surface area contributed by atoms with E-state index in [1.54, 1.807) is 19.1 Å². The molecule has 1 aromatic carbocycles. The second-order valence-electron chi connectivity index (χ2n) is 5.01. The Morgan fingerprint density at radius 2 is 2.20 bits per heavy atom. The maximum Gasteiger partial charge on any atom is 0.287 e. The Labute approximate surface area is 153 Å². The third-order valence-electron chi connectivity index (χ3n) is 3.26. The van der Waals surface area contributed by atoms with Crippen molar-refractivity contribution in [3.8, 4) is 5.88 Å². The second-order valence-corrected chi connectivity index (χ2v) is 8.34. The van der Waals surface area contributed by atoms with Crippen molar-refractivity contribution in [3.05, 3.63) is 33.9 Å². The van der Waals surface area contributed by atoms with Crippen molar-refractivity contribution in [1.29, 1.82) is 0 Å². The van der Waals surface area contributed by atoms with Crippen LogP contribution in [0.3, 0.4) is 0 Å². The molecular formula is C14H17BrN4O5S. The summed E-state index contributed by atoms with van der Waals surface area (Å²) in [5.41, 5.74) is 3.51. The minimum Gasteiger partial charge on any atom is -0.473 e. The van der Waals surface area contributed by atoms with Gasteiger partial charge >= 0.3 is 0 Å². The second kappa shape index (κ2) is 8.41. The van der Waals surface area contributed by atoms with Crippen LogP contribution in [0.15, 0.2) is 32.3 Å². The monoisotopic (exact) mass is 432 g/mol. The van der Waals surface area contributed by atoms with Crippen molar-refractivity contribution in [2.45, 2.75) is 13.8 Å². The molecule has 1 heterocycles. The van der Waals surface area contributed by atoms with E-state index in [9.17, 15) is 13.6 Å². The average Bonchev–Trinajstić information content (AvgIpc) is 3.04. The fourth-order valence-electron chi connectivity index (χ4n) is 1.74. The Kier molecular flexibility index (Phi) is 6.51. The third-order valence-corrected chi connectivity index (χ3v) is 5.78. The summed E-state index contributed by atoms with van der Waals surface area (Å²) in [6.07, 6.45) is 0. The molecule has 2 aromatic rings. The summed E-state index contributed by atoms with van der Waals surface area (Å²) in [6.45, 7) is 3.37. The van der Waals surface area contributed by atoms with Crippen LogP contribution < -0.4 is 10.2 Å². The highest BCUT2D eigenvalue weighted by atomic mass is 79.9. The third kappa shape index (κ3) is 5.25. The Balaban J connectivity index is 2.20. The van der Waals surface area contributed by atoms with Gasteiger partial charge in [-0.25, -0.2) is 18.0 Å². The zero-order valence-corrected chi connectivity index (χ0v) is 16.0. The Morgan fingerprint density at radius 1 is 1.44 bits per heavy atom. The first-order chi connectivity index (χ1) is 11.9. The summed E-state index contributed by atoms with van der Waals surface area (Å²) in [4.78, 5) is 4.22. The van der Waals surface area contributed by atoms with E-state index in [1.165, 1.54) is 0 Å². The van der Waals surface area contributed by atoms with Crippen LogP contribution in [0.4, 0.5) is 5.69 Å². The molecule has 0 atom stereocenters. The van der Waals surface area contributed by atoms with Gasteiger partial charge in [0.1, 0.15) is 6.61 Å². The molecule has 9 nitrogen and oxygen atoms in total. The summed E-state index contributed by atoms with van der Waals surface area (Å²) in [5, 5.41) is 16.5. The highest BCUT2D eigenvalue weighted by molar-refractivity contribution is 9.10. The van der Waals surface area contributed by atoms with Crippen LogP contribution in [0.1, 0.15) is 18.2 Å². The van der Waals surface area contributed by atoms with Gasteiger partial charge in [-0.2, -0.15) is 0 Å². The van der Waals surface area contributed by atoms with E-state index in [-0.39, 0.29) is 35.5 Å². The summed E-state index contributed by atoms with van der Waals surface area (Å²) in [7, 11) is -3.17. The number of rotatable bonds is 7. The highest BCUT2D eigenvalue weighted by Gasteiger charge is 2.19. The fourth-order valence-corrected chi connectivity index (χ4v) is 2.73. The first-order valence-corrected chi connectivity index (χ1v) is 9.89. The van der Waals surface area contributed by atoms with Crippen LogP contribution in [0.5, 0.6) is 5.88 Å². The number of hydroxylamine groups is 1. The van der Waals surface area contributed by atoms with Gasteiger partial charge in [-0.1, -0.05) is 28.9 Å². The number of halogens is 1. The zero-order chi connectivity index (χ0) is 18.4. The SMILES string of the molecule is CCS(=O)(=O)CCOc1nonc1C(=Nc1ccc(C)c(Br)c1)NO. The number of benzene rings is 1. The number of hydrogen-bond acceptors (Lipinski definition) is 8. The molecule has 2 N–H and O–H groups in total. The van der Waals surface area contributed by atoms with Gasteiger partial charge in [0.2, 0.25) is 5.69 Å². The van der Waals surface area contributed by atoms with Gasteiger partial charge in [-0.15, -0.1) is 0 Å². The molecule has 1 aromatic heterocycles. The number of nitrogens with one attached hydrogen (secondary N) is 1. The van der Waals surface area contributed by atoms with Crippen molar-refractivity contribution in [2.75, 3.05) is 18.1 Å². The topological polar surface area (TPSA) is 127 Å². The van der Waals surface area contributed by atoms with E-state index in [4.69, 9.17) is 4.74 Å². The van der Waals surface area contributed by atoms with Crippen molar-refractivity contribution >= 4 is 37.3 Å². The molecule has 0 radical (unpaired) electrons. The van der Waals surface area contributed by atoms with Gasteiger partial charge in [0.25, 0.3) is 5.88 Å². The first-order valence-electron chi connectivity index (χ1n) is 7.27. The van der Waals surface area contributed by atoms with Crippen molar-refractivity contribution < 1.29 is 23.0 Å². The van der Waals surface area contributed by atoms with E-state index in [0.717, 1.165) is 10.0 Å². The lowest BCUT2D eigenvalue weighted by Crippen LogP contribution is -2.22. The predicted molar refractivity (Wildman–Crippen MR) is 94.1 cm³/mol. The van der Waals surface area contributed by atoms with Crippen LogP contribution in [0.25, 0.3) is 0 Å². The van der Waals surface area contributed by atoms with Crippen LogP contribution in [-0.4, -0.2) is 47.9 Å². The molecule has 0 bridgehead atoms. The number of aromatic nitrogens is 2. The minimum atomic E-state index is -3.17. The summed E-state index contributed by atoms with van der Waals surface area (Å²) in [5.74, 6) is -0.268. The van der Waals surface area contributed by atoms with Gasteiger partial charge in [-0.3, -0.25) is 10.7 Å². The Hall–Kier alpha value is -1.98. The number of aliphatic imine (C=N–C) groups is 1. The van der Waals surface area contributed by atoms with Gasteiger partial charge in [-0.05, 0) is 34.9 Å². The standard InChI is InChI=1S/C14H17BrN4O5S/c1-3-25(21,22)7-6-23-14-12(18-24-19-14)13(17-20)16-10-5-4-9(2)11(15)8-10/h4-5,8,20H,3,6-7H2,1-2H3,(H,16,17). The van der Waals surface area contributed by atoms with Crippen molar-refractivity contribution in [2.24, 2.45) is 4.99 Å². The molecule has 0 aliphatic carbocycles. The summed E-state index contributed by atoms with van der Waals surface area (Å²) < 4.78 is 33.7. The van der Waals surface area contributed by atoms with Crippen LogP contribution in [-0.2, 0) is 9.84 Å². The van der Waals surface area contributed by atoms with Crippen molar-refractivity contribution in [3.63, 3.8) is 0 Å². The van der Waals surface area contributed by atoms with Crippen LogP contribution in [0, 0.1) is 6.92 Å². The van der Waals surface area contributed by atoms with E-state index in [2.05, 4.69) is 35.9 Å². The fraction of sp³-hybridized carbons (Fsp3) is 0.357. The van der Waals surface area contributed by atoms with Crippen LogP contribution >= 0.6 is 15.9 Å². The molecule has 0 aliphatic rings. The highest BCUT2D eigenvalue weighted by Crippen LogP contribution is 2.24. The smallest absolute Gasteiger partial charge is 0.287 e. The molecular weight excluding hydrogens is 416 g/mol. The molecule has 0 aliphatic heterocycles. The quantitative estimate of drug-likeness (QED) is 0.386. The predicted octanol–water partition coefficient (Wildman–Crippen LogP) is 2.01. The lowest BCUT2D eigenvalue weighted by atomic mass is 10.2. The van der Waals surface area contributed by atoms with Gasteiger partial charge in [0.15, 0.2) is 15.7 Å². The molecule has 11 heteroatoms. The van der Waals surface area contributed by atoms with E-state index in [1.807, 2.05) is 18.5 Å². The molecule has 0 amide bonds. The molecule has 0 fully saturated rings. The first kappa shape index (κ1) is 19.3. The largest absolute Gasteiger partial charge is 0.473 e. The molecule has 0 saturated heterocycles. The normalized spacial score (nSPS) is 12.2. The van der Waals surface area contributed by atoms with Gasteiger partial charge in [0.05, 0.1) is 11.4 Å². The Bertz CT molecular complexity index is 866. The molecule has 0 unspecified atom stereocenters. The number of hydrogen-bond donors (Lipinski definition) is 2.